The van der Waals surface area contributed by atoms with Crippen LogP contribution in [0.1, 0.15) is 26.1 Å². The van der Waals surface area contributed by atoms with Gasteiger partial charge >= 0.3 is 0 Å². The first-order chi connectivity index (χ1) is 8.49. The summed E-state index contributed by atoms with van der Waals surface area (Å²) in [6, 6.07) is 0.286. The van der Waals surface area contributed by atoms with E-state index < -0.39 is 0 Å². The molecular weight excluding hydrogens is 230 g/mol. The quantitative estimate of drug-likeness (QED) is 0.810. The van der Waals surface area contributed by atoms with E-state index in [4.69, 9.17) is 5.11 Å². The molecule has 18 heavy (non-hydrogen) atoms. The highest BCUT2D eigenvalue weighted by Crippen LogP contribution is 2.16. The van der Waals surface area contributed by atoms with E-state index in [0.29, 0.717) is 24.3 Å². The van der Waals surface area contributed by atoms with Gasteiger partial charge in [-0.1, -0.05) is 6.92 Å². The Balaban J connectivity index is 3.10. The van der Waals surface area contributed by atoms with Gasteiger partial charge in [0.15, 0.2) is 0 Å². The zero-order valence-corrected chi connectivity index (χ0v) is 11.9. The van der Waals surface area contributed by atoms with Crippen LogP contribution in [0.2, 0.25) is 0 Å². The van der Waals surface area contributed by atoms with Crippen LogP contribution in [0.15, 0.2) is 0 Å². The topological polar surface area (TPSA) is 65.4 Å². The molecule has 1 aromatic rings. The number of nitrogens with zero attached hydrogens (tertiary/aromatic N) is 5. The molecule has 0 aliphatic heterocycles. The van der Waals surface area contributed by atoms with E-state index in [0.717, 1.165) is 6.42 Å². The molecule has 1 atom stereocenters. The molecule has 0 saturated carbocycles. The molecule has 0 amide bonds. The number of aliphatic hydroxyl groups is 1. The van der Waals surface area contributed by atoms with Crippen LogP contribution in [-0.2, 0) is 0 Å². The second kappa shape index (κ2) is 6.49. The molecule has 102 valence electrons. The molecule has 1 N–H and O–H groups in total. The Labute approximate surface area is 109 Å². The van der Waals surface area contributed by atoms with Crippen molar-refractivity contribution in [1.82, 2.24) is 15.0 Å². The molecule has 0 aliphatic carbocycles. The largest absolute Gasteiger partial charge is 0.395 e. The maximum atomic E-state index is 9.17. The van der Waals surface area contributed by atoms with Crippen LogP contribution < -0.4 is 9.80 Å². The predicted octanol–water partition coefficient (Wildman–Crippen LogP) is 0.843. The lowest BCUT2D eigenvalue weighted by Gasteiger charge is -2.28. The van der Waals surface area contributed by atoms with Crippen LogP contribution in [0, 0.1) is 6.92 Å². The van der Waals surface area contributed by atoms with Gasteiger partial charge in [-0.05, 0) is 20.3 Å². The third-order valence-corrected chi connectivity index (χ3v) is 2.84. The van der Waals surface area contributed by atoms with Crippen LogP contribution >= 0.6 is 0 Å². The lowest BCUT2D eigenvalue weighted by molar-refractivity contribution is 0.296. The first-order valence-electron chi connectivity index (χ1n) is 6.27. The molecule has 6 heteroatoms. The minimum absolute atomic E-state index is 0.0897. The normalized spacial score (nSPS) is 12.3. The van der Waals surface area contributed by atoms with Crippen LogP contribution in [0.5, 0.6) is 0 Å². The van der Waals surface area contributed by atoms with Crippen molar-refractivity contribution in [2.45, 2.75) is 33.2 Å². The molecule has 1 rings (SSSR count). The van der Waals surface area contributed by atoms with Gasteiger partial charge in [-0.3, -0.25) is 0 Å². The predicted molar refractivity (Wildman–Crippen MR) is 73.1 cm³/mol. The summed E-state index contributed by atoms with van der Waals surface area (Å²) >= 11 is 0. The third kappa shape index (κ3) is 3.53. The number of aromatic nitrogens is 3. The lowest BCUT2D eigenvalue weighted by Crippen LogP contribution is -2.37. The van der Waals surface area contributed by atoms with Crippen molar-refractivity contribution < 1.29 is 5.11 Å². The van der Waals surface area contributed by atoms with E-state index in [-0.39, 0.29) is 12.6 Å². The molecule has 0 aliphatic rings. The first-order valence-corrected chi connectivity index (χ1v) is 6.27. The van der Waals surface area contributed by atoms with Gasteiger partial charge in [-0.25, -0.2) is 0 Å². The Bertz CT molecular complexity index is 383. The van der Waals surface area contributed by atoms with Crippen molar-refractivity contribution in [2.75, 3.05) is 37.0 Å². The van der Waals surface area contributed by atoms with Crippen molar-refractivity contribution in [3.63, 3.8) is 0 Å². The number of aryl methyl sites for hydroxylation is 1. The molecule has 0 bridgehead atoms. The smallest absolute Gasteiger partial charge is 0.230 e. The minimum Gasteiger partial charge on any atom is -0.395 e. The summed E-state index contributed by atoms with van der Waals surface area (Å²) in [5, 5.41) is 9.17. The summed E-state index contributed by atoms with van der Waals surface area (Å²) in [5.41, 5.74) is 0. The van der Waals surface area contributed by atoms with E-state index >= 15 is 0 Å². The number of hydrogen-bond donors (Lipinski definition) is 1. The molecule has 0 aromatic carbocycles. The molecule has 0 spiro atoms. The maximum absolute atomic E-state index is 9.17. The summed E-state index contributed by atoms with van der Waals surface area (Å²) in [6.07, 6.45) is 0.974. The van der Waals surface area contributed by atoms with E-state index in [9.17, 15) is 0 Å². The second-order valence-corrected chi connectivity index (χ2v) is 4.55. The van der Waals surface area contributed by atoms with E-state index in [1.54, 1.807) is 0 Å². The summed E-state index contributed by atoms with van der Waals surface area (Å²) in [6.45, 7) is 6.68. The zero-order chi connectivity index (χ0) is 13.7. The van der Waals surface area contributed by atoms with Gasteiger partial charge in [0.1, 0.15) is 5.82 Å². The molecule has 0 saturated heterocycles. The molecule has 0 radical (unpaired) electrons. The highest BCUT2D eigenvalue weighted by atomic mass is 16.3. The monoisotopic (exact) mass is 253 g/mol. The fraction of sp³-hybridized carbons (Fsp3) is 0.750. The Morgan fingerprint density at radius 3 is 2.28 bits per heavy atom. The summed E-state index contributed by atoms with van der Waals surface area (Å²) in [7, 11) is 3.80. The molecule has 1 aromatic heterocycles. The Morgan fingerprint density at radius 1 is 1.17 bits per heavy atom. The molecule has 0 fully saturated rings. The number of rotatable bonds is 6. The molecule has 6 nitrogen and oxygen atoms in total. The second-order valence-electron chi connectivity index (χ2n) is 4.55. The standard InChI is InChI=1S/C12H23N5O/c1-6-9(2)17(7-8-18)12-14-10(3)13-11(15-12)16(4)5/h9,18H,6-8H2,1-5H3/t9-/m0/s1. The van der Waals surface area contributed by atoms with Crippen LogP contribution in [0.3, 0.4) is 0 Å². The Kier molecular flexibility index (Phi) is 5.27. The highest BCUT2D eigenvalue weighted by molar-refractivity contribution is 5.38. The molecular formula is C12H23N5O. The summed E-state index contributed by atoms with van der Waals surface area (Å²) < 4.78 is 0. The number of anilines is 2. The van der Waals surface area contributed by atoms with Gasteiger partial charge in [0.25, 0.3) is 0 Å². The molecule has 1 heterocycles. The highest BCUT2D eigenvalue weighted by Gasteiger charge is 2.17. The van der Waals surface area contributed by atoms with Crippen LogP contribution in [-0.4, -0.2) is 53.3 Å². The van der Waals surface area contributed by atoms with Gasteiger partial charge in [0.05, 0.1) is 6.61 Å². The van der Waals surface area contributed by atoms with E-state index in [2.05, 4.69) is 28.8 Å². The zero-order valence-electron chi connectivity index (χ0n) is 11.9. The first kappa shape index (κ1) is 14.6. The summed E-state index contributed by atoms with van der Waals surface area (Å²) in [5.74, 6) is 1.97. The average Bonchev–Trinajstić information content (AvgIpc) is 2.34. The van der Waals surface area contributed by atoms with Gasteiger partial charge in [-0.15, -0.1) is 0 Å². The van der Waals surface area contributed by atoms with Crippen molar-refractivity contribution in [2.24, 2.45) is 0 Å². The fourth-order valence-electron chi connectivity index (χ4n) is 1.63. The number of aliphatic hydroxyl groups excluding tert-OH is 1. The van der Waals surface area contributed by atoms with Crippen molar-refractivity contribution in [3.05, 3.63) is 5.82 Å². The molecule has 0 unspecified atom stereocenters. The van der Waals surface area contributed by atoms with E-state index in [1.807, 2.05) is 30.8 Å². The number of hydrogen-bond acceptors (Lipinski definition) is 6. The Morgan fingerprint density at radius 2 is 1.78 bits per heavy atom. The average molecular weight is 253 g/mol. The summed E-state index contributed by atoms with van der Waals surface area (Å²) in [4.78, 5) is 17.0. The van der Waals surface area contributed by atoms with E-state index in [1.165, 1.54) is 0 Å². The van der Waals surface area contributed by atoms with Crippen LogP contribution in [0.25, 0.3) is 0 Å². The van der Waals surface area contributed by atoms with Gasteiger partial charge < -0.3 is 14.9 Å². The fourth-order valence-corrected chi connectivity index (χ4v) is 1.63. The lowest BCUT2D eigenvalue weighted by atomic mass is 10.2. The minimum atomic E-state index is 0.0897. The van der Waals surface area contributed by atoms with Gasteiger partial charge in [0, 0.05) is 26.7 Å². The van der Waals surface area contributed by atoms with Gasteiger partial charge in [0.2, 0.25) is 11.9 Å². The van der Waals surface area contributed by atoms with Crippen molar-refractivity contribution in [1.29, 1.82) is 0 Å². The van der Waals surface area contributed by atoms with Crippen LogP contribution in [0.4, 0.5) is 11.9 Å². The maximum Gasteiger partial charge on any atom is 0.230 e. The third-order valence-electron chi connectivity index (χ3n) is 2.84. The van der Waals surface area contributed by atoms with Crippen molar-refractivity contribution >= 4 is 11.9 Å². The SMILES string of the molecule is CC[C@H](C)N(CCO)c1nc(C)nc(N(C)C)n1. The van der Waals surface area contributed by atoms with Crippen molar-refractivity contribution in [3.8, 4) is 0 Å². The Hall–Kier alpha value is -1.43. The van der Waals surface area contributed by atoms with Gasteiger partial charge in [-0.2, -0.15) is 15.0 Å².